The minimum Gasteiger partial charge on any atom is -0.462 e. The molecule has 4 rings (SSSR count). The fourth-order valence-corrected chi connectivity index (χ4v) is 4.14. The zero-order chi connectivity index (χ0) is 24.6. The van der Waals surface area contributed by atoms with Crippen molar-refractivity contribution < 1.29 is 19.1 Å². The Balaban J connectivity index is 1.42. The topological polar surface area (TPSA) is 64.6 Å². The number of ether oxygens (including phenoxy) is 2. The third kappa shape index (κ3) is 6.07. The molecule has 0 aliphatic carbocycles. The predicted molar refractivity (Wildman–Crippen MR) is 138 cm³/mol. The van der Waals surface area contributed by atoms with Gasteiger partial charge in [0.1, 0.15) is 6.61 Å². The van der Waals surface area contributed by atoms with E-state index in [1.54, 1.807) is 13.0 Å². The standard InChI is InChI=1S/C30H29NO4/c1-3-34-29(32)28-14-8-12-26-25(11-7-13-27(26)28)24-17-15-22(16-18-24)19-21(2)31-30(33)35-20-23-9-5-4-6-10-23/h4-18,21H,3,19-20H2,1-2H3,(H,31,33)/t21-/m1/s1. The molecule has 0 aromatic heterocycles. The lowest BCUT2D eigenvalue weighted by atomic mass is 9.94. The first-order valence-corrected chi connectivity index (χ1v) is 11.8. The monoisotopic (exact) mass is 467 g/mol. The van der Waals surface area contributed by atoms with Crippen molar-refractivity contribution in [1.29, 1.82) is 0 Å². The first-order chi connectivity index (χ1) is 17.0. The van der Waals surface area contributed by atoms with E-state index in [1.807, 2.05) is 61.5 Å². The lowest BCUT2D eigenvalue weighted by molar-refractivity contribution is 0.0528. The molecule has 0 aliphatic rings. The van der Waals surface area contributed by atoms with Gasteiger partial charge in [0.25, 0.3) is 0 Å². The third-order valence-electron chi connectivity index (χ3n) is 5.80. The maximum absolute atomic E-state index is 12.4. The van der Waals surface area contributed by atoms with Gasteiger partial charge in [-0.05, 0) is 59.4 Å². The minimum absolute atomic E-state index is 0.0752. The van der Waals surface area contributed by atoms with Crippen LogP contribution in [0.4, 0.5) is 4.79 Å². The van der Waals surface area contributed by atoms with E-state index in [4.69, 9.17) is 9.47 Å². The van der Waals surface area contributed by atoms with Gasteiger partial charge < -0.3 is 14.8 Å². The molecule has 4 aromatic rings. The molecule has 0 saturated heterocycles. The number of amides is 1. The van der Waals surface area contributed by atoms with E-state index >= 15 is 0 Å². The lowest BCUT2D eigenvalue weighted by Crippen LogP contribution is -2.34. The number of carbonyl (C=O) groups excluding carboxylic acids is 2. The smallest absolute Gasteiger partial charge is 0.407 e. The van der Waals surface area contributed by atoms with Crippen LogP contribution < -0.4 is 5.32 Å². The Hall–Kier alpha value is -4.12. The molecule has 0 radical (unpaired) electrons. The van der Waals surface area contributed by atoms with E-state index in [0.717, 1.165) is 33.0 Å². The molecule has 0 unspecified atom stereocenters. The van der Waals surface area contributed by atoms with E-state index in [0.29, 0.717) is 18.6 Å². The van der Waals surface area contributed by atoms with Crippen LogP contribution in [0.15, 0.2) is 91.0 Å². The summed E-state index contributed by atoms with van der Waals surface area (Å²) in [5, 5.41) is 4.77. The summed E-state index contributed by atoms with van der Waals surface area (Å²) in [5.41, 5.74) is 4.74. The number of esters is 1. The molecule has 5 nitrogen and oxygen atoms in total. The van der Waals surface area contributed by atoms with Gasteiger partial charge in [0.2, 0.25) is 0 Å². The Morgan fingerprint density at radius 1 is 0.771 bits per heavy atom. The number of alkyl carbamates (subject to hydrolysis) is 1. The molecule has 0 heterocycles. The molecule has 178 valence electrons. The summed E-state index contributed by atoms with van der Waals surface area (Å²) in [4.78, 5) is 24.5. The summed E-state index contributed by atoms with van der Waals surface area (Å²) >= 11 is 0. The summed E-state index contributed by atoms with van der Waals surface area (Å²) in [6.07, 6.45) is 0.259. The second kappa shape index (κ2) is 11.3. The zero-order valence-electron chi connectivity index (χ0n) is 20.0. The molecule has 0 spiro atoms. The van der Waals surface area contributed by atoms with E-state index in [-0.39, 0.29) is 18.6 Å². The van der Waals surface area contributed by atoms with E-state index in [1.165, 1.54) is 0 Å². The number of nitrogens with one attached hydrogen (secondary N) is 1. The molecule has 0 bridgehead atoms. The Kier molecular flexibility index (Phi) is 7.78. The molecule has 1 amide bonds. The normalized spacial score (nSPS) is 11.6. The van der Waals surface area contributed by atoms with Crippen molar-refractivity contribution in [3.63, 3.8) is 0 Å². The van der Waals surface area contributed by atoms with Crippen molar-refractivity contribution in [2.24, 2.45) is 0 Å². The number of hydrogen-bond donors (Lipinski definition) is 1. The summed E-state index contributed by atoms with van der Waals surface area (Å²) in [5.74, 6) is -0.311. The van der Waals surface area contributed by atoms with Gasteiger partial charge in [0.05, 0.1) is 12.2 Å². The Labute approximate surface area is 205 Å². The van der Waals surface area contributed by atoms with E-state index < -0.39 is 6.09 Å². The average molecular weight is 468 g/mol. The van der Waals surface area contributed by atoms with Crippen LogP contribution in [0.25, 0.3) is 21.9 Å². The molecule has 0 aliphatic heterocycles. The highest BCUT2D eigenvalue weighted by Crippen LogP contribution is 2.31. The highest BCUT2D eigenvalue weighted by Gasteiger charge is 2.14. The van der Waals surface area contributed by atoms with Gasteiger partial charge in [0.15, 0.2) is 0 Å². The molecule has 1 N–H and O–H groups in total. The van der Waals surface area contributed by atoms with Gasteiger partial charge in [0, 0.05) is 6.04 Å². The fraction of sp³-hybridized carbons (Fsp3) is 0.200. The van der Waals surface area contributed by atoms with Crippen LogP contribution in [0.5, 0.6) is 0 Å². The third-order valence-corrected chi connectivity index (χ3v) is 5.80. The van der Waals surface area contributed by atoms with Crippen LogP contribution >= 0.6 is 0 Å². The highest BCUT2D eigenvalue weighted by atomic mass is 16.5. The van der Waals surface area contributed by atoms with Gasteiger partial charge in [-0.1, -0.05) is 84.9 Å². The van der Waals surface area contributed by atoms with Crippen LogP contribution in [0.3, 0.4) is 0 Å². The maximum atomic E-state index is 12.4. The van der Waals surface area contributed by atoms with Gasteiger partial charge in [-0.25, -0.2) is 9.59 Å². The summed E-state index contributed by atoms with van der Waals surface area (Å²) in [7, 11) is 0. The molecule has 4 aromatic carbocycles. The number of rotatable bonds is 8. The predicted octanol–water partition coefficient (Wildman–Crippen LogP) is 6.54. The van der Waals surface area contributed by atoms with Crippen molar-refractivity contribution in [1.82, 2.24) is 5.32 Å². The van der Waals surface area contributed by atoms with Crippen molar-refractivity contribution in [3.05, 3.63) is 108 Å². The van der Waals surface area contributed by atoms with Crippen LogP contribution in [0.2, 0.25) is 0 Å². The van der Waals surface area contributed by atoms with Crippen molar-refractivity contribution >= 4 is 22.8 Å². The second-order valence-corrected chi connectivity index (χ2v) is 8.43. The van der Waals surface area contributed by atoms with Crippen molar-refractivity contribution in [2.45, 2.75) is 32.9 Å². The second-order valence-electron chi connectivity index (χ2n) is 8.43. The van der Waals surface area contributed by atoms with Gasteiger partial charge >= 0.3 is 12.1 Å². The fourth-order valence-electron chi connectivity index (χ4n) is 4.14. The van der Waals surface area contributed by atoms with Crippen molar-refractivity contribution in [3.8, 4) is 11.1 Å². The van der Waals surface area contributed by atoms with Crippen LogP contribution in [-0.2, 0) is 22.5 Å². The Bertz CT molecular complexity index is 1300. The molecule has 0 fully saturated rings. The zero-order valence-corrected chi connectivity index (χ0v) is 20.0. The van der Waals surface area contributed by atoms with Crippen LogP contribution in [0, 0.1) is 0 Å². The van der Waals surface area contributed by atoms with Crippen LogP contribution in [-0.4, -0.2) is 24.7 Å². The minimum atomic E-state index is -0.425. The Morgan fingerprint density at radius 2 is 1.49 bits per heavy atom. The Morgan fingerprint density at radius 3 is 2.23 bits per heavy atom. The van der Waals surface area contributed by atoms with Crippen LogP contribution in [0.1, 0.15) is 35.3 Å². The molecule has 35 heavy (non-hydrogen) atoms. The average Bonchev–Trinajstić information content (AvgIpc) is 2.88. The molecular weight excluding hydrogens is 438 g/mol. The van der Waals surface area contributed by atoms with E-state index in [9.17, 15) is 9.59 Å². The number of fused-ring (bicyclic) bond motifs is 1. The first kappa shape index (κ1) is 24.0. The lowest BCUT2D eigenvalue weighted by Gasteiger charge is -2.15. The van der Waals surface area contributed by atoms with Gasteiger partial charge in [-0.2, -0.15) is 0 Å². The summed E-state index contributed by atoms with van der Waals surface area (Å²) in [6.45, 7) is 4.35. The molecule has 0 saturated carbocycles. The van der Waals surface area contributed by atoms with E-state index in [2.05, 4.69) is 35.6 Å². The molecule has 5 heteroatoms. The number of hydrogen-bond acceptors (Lipinski definition) is 4. The number of benzene rings is 4. The van der Waals surface area contributed by atoms with Gasteiger partial charge in [-0.3, -0.25) is 0 Å². The quantitative estimate of drug-likeness (QED) is 0.299. The summed E-state index contributed by atoms with van der Waals surface area (Å²) in [6, 6.07) is 29.5. The SMILES string of the molecule is CCOC(=O)c1cccc2c(-c3ccc(C[C@@H](C)NC(=O)OCc4ccccc4)cc3)cccc12. The van der Waals surface area contributed by atoms with Gasteiger partial charge in [-0.15, -0.1) is 0 Å². The summed E-state index contributed by atoms with van der Waals surface area (Å²) < 4.78 is 10.5. The number of carbonyl (C=O) groups is 2. The highest BCUT2D eigenvalue weighted by molar-refractivity contribution is 6.08. The largest absolute Gasteiger partial charge is 0.462 e. The molecular formula is C30H29NO4. The first-order valence-electron chi connectivity index (χ1n) is 11.8. The van der Waals surface area contributed by atoms with Crippen molar-refractivity contribution in [2.75, 3.05) is 6.61 Å². The maximum Gasteiger partial charge on any atom is 0.407 e. The molecule has 1 atom stereocenters.